The van der Waals surface area contributed by atoms with Crippen molar-refractivity contribution in [2.24, 2.45) is 11.8 Å². The maximum Gasteiger partial charge on any atom is 0.0464 e. The normalized spacial score (nSPS) is 17.9. The molecule has 2 atom stereocenters. The molecule has 2 unspecified atom stereocenters. The molecule has 112 valence electrons. The Morgan fingerprint density at radius 1 is 1.30 bits per heavy atom. The van der Waals surface area contributed by atoms with Gasteiger partial charge >= 0.3 is 0 Å². The largest absolute Gasteiger partial charge is 0.385 e. The van der Waals surface area contributed by atoms with E-state index in [0.717, 1.165) is 25.6 Å². The van der Waals surface area contributed by atoms with Gasteiger partial charge in [0.15, 0.2) is 0 Å². The van der Waals surface area contributed by atoms with E-state index in [0.29, 0.717) is 11.8 Å². The lowest BCUT2D eigenvalue weighted by atomic mass is 9.85. The third kappa shape index (κ3) is 4.92. The van der Waals surface area contributed by atoms with Gasteiger partial charge in [0.05, 0.1) is 0 Å². The standard InChI is InChI=1S/C18H29NO/c1-14-6-4-5-7-16(14)12-17(13-19-18-8-9-18)15(2)10-11-20-3/h4-7,15,17-19H,8-13H2,1-3H3. The number of aryl methyl sites for hydroxylation is 1. The minimum atomic E-state index is 0.695. The third-order valence-corrected chi connectivity index (χ3v) is 4.57. The summed E-state index contributed by atoms with van der Waals surface area (Å²) in [5.74, 6) is 1.40. The highest BCUT2D eigenvalue weighted by Crippen LogP contribution is 2.24. The van der Waals surface area contributed by atoms with Crippen LogP contribution in [0.15, 0.2) is 24.3 Å². The topological polar surface area (TPSA) is 21.3 Å². The molecule has 1 aliphatic carbocycles. The maximum atomic E-state index is 5.25. The molecule has 1 N–H and O–H groups in total. The molecule has 0 saturated heterocycles. The Bertz CT molecular complexity index is 400. The van der Waals surface area contributed by atoms with Crippen LogP contribution in [0.2, 0.25) is 0 Å². The second kappa shape index (κ2) is 7.80. The van der Waals surface area contributed by atoms with Gasteiger partial charge in [-0.25, -0.2) is 0 Å². The molecule has 0 aliphatic heterocycles. The average Bonchev–Trinajstić information content (AvgIpc) is 3.27. The van der Waals surface area contributed by atoms with Gasteiger partial charge in [0.25, 0.3) is 0 Å². The van der Waals surface area contributed by atoms with Gasteiger partial charge in [0, 0.05) is 19.8 Å². The van der Waals surface area contributed by atoms with Gasteiger partial charge in [-0.05, 0) is 62.1 Å². The fourth-order valence-corrected chi connectivity index (χ4v) is 2.74. The first-order valence-corrected chi connectivity index (χ1v) is 7.97. The Morgan fingerprint density at radius 3 is 2.70 bits per heavy atom. The summed E-state index contributed by atoms with van der Waals surface area (Å²) in [6.45, 7) is 6.61. The van der Waals surface area contributed by atoms with Crippen LogP contribution in [0.3, 0.4) is 0 Å². The number of hydrogen-bond donors (Lipinski definition) is 1. The molecule has 2 nitrogen and oxygen atoms in total. The molecule has 2 heteroatoms. The van der Waals surface area contributed by atoms with Crippen LogP contribution in [-0.2, 0) is 11.2 Å². The van der Waals surface area contributed by atoms with Crippen molar-refractivity contribution in [2.45, 2.75) is 45.6 Å². The number of methoxy groups -OCH3 is 1. The van der Waals surface area contributed by atoms with Gasteiger partial charge < -0.3 is 10.1 Å². The summed E-state index contributed by atoms with van der Waals surface area (Å²) in [6, 6.07) is 9.59. The highest BCUT2D eigenvalue weighted by Gasteiger charge is 2.24. The first kappa shape index (κ1) is 15.5. The van der Waals surface area contributed by atoms with Crippen molar-refractivity contribution in [3.8, 4) is 0 Å². The Labute approximate surface area is 123 Å². The Morgan fingerprint density at radius 2 is 2.05 bits per heavy atom. The van der Waals surface area contributed by atoms with E-state index < -0.39 is 0 Å². The minimum Gasteiger partial charge on any atom is -0.385 e. The molecule has 0 bridgehead atoms. The molecule has 1 aromatic carbocycles. The summed E-state index contributed by atoms with van der Waals surface area (Å²) in [5.41, 5.74) is 2.92. The van der Waals surface area contributed by atoms with Gasteiger partial charge in [0.2, 0.25) is 0 Å². The molecule has 2 rings (SSSR count). The fourth-order valence-electron chi connectivity index (χ4n) is 2.74. The fraction of sp³-hybridized carbons (Fsp3) is 0.667. The molecule has 20 heavy (non-hydrogen) atoms. The molecule has 0 spiro atoms. The number of ether oxygens (including phenoxy) is 1. The van der Waals surface area contributed by atoms with Crippen LogP contribution < -0.4 is 5.32 Å². The predicted octanol–water partition coefficient (Wildman–Crippen LogP) is 3.58. The monoisotopic (exact) mass is 275 g/mol. The molecule has 0 radical (unpaired) electrons. The van der Waals surface area contributed by atoms with E-state index >= 15 is 0 Å². The number of benzene rings is 1. The number of nitrogens with one attached hydrogen (secondary N) is 1. The van der Waals surface area contributed by atoms with E-state index in [9.17, 15) is 0 Å². The van der Waals surface area contributed by atoms with Crippen LogP contribution in [0.1, 0.15) is 37.3 Å². The average molecular weight is 275 g/mol. The number of hydrogen-bond acceptors (Lipinski definition) is 2. The first-order valence-electron chi connectivity index (χ1n) is 7.97. The lowest BCUT2D eigenvalue weighted by Gasteiger charge is -2.25. The molecule has 0 amide bonds. The smallest absolute Gasteiger partial charge is 0.0464 e. The Kier molecular flexibility index (Phi) is 6.06. The van der Waals surface area contributed by atoms with Crippen molar-refractivity contribution in [3.63, 3.8) is 0 Å². The molecule has 0 heterocycles. The molecular weight excluding hydrogens is 246 g/mol. The van der Waals surface area contributed by atoms with Gasteiger partial charge in [0.1, 0.15) is 0 Å². The highest BCUT2D eigenvalue weighted by molar-refractivity contribution is 5.26. The van der Waals surface area contributed by atoms with E-state index in [-0.39, 0.29) is 0 Å². The summed E-state index contributed by atoms with van der Waals surface area (Å²) in [4.78, 5) is 0. The van der Waals surface area contributed by atoms with Gasteiger partial charge in [-0.2, -0.15) is 0 Å². The summed E-state index contributed by atoms with van der Waals surface area (Å²) >= 11 is 0. The highest BCUT2D eigenvalue weighted by atomic mass is 16.5. The van der Waals surface area contributed by atoms with E-state index in [1.807, 2.05) is 0 Å². The summed E-state index contributed by atoms with van der Waals surface area (Å²) < 4.78 is 5.25. The zero-order valence-electron chi connectivity index (χ0n) is 13.2. The van der Waals surface area contributed by atoms with Crippen molar-refractivity contribution >= 4 is 0 Å². The quantitative estimate of drug-likeness (QED) is 0.744. The molecular formula is C18H29NO. The predicted molar refractivity (Wildman–Crippen MR) is 85.1 cm³/mol. The SMILES string of the molecule is COCCC(C)C(CNC1CC1)Cc1ccccc1C. The van der Waals surface area contributed by atoms with Crippen molar-refractivity contribution in [1.82, 2.24) is 5.32 Å². The van der Waals surface area contributed by atoms with Crippen molar-refractivity contribution in [2.75, 3.05) is 20.3 Å². The van der Waals surface area contributed by atoms with Crippen molar-refractivity contribution in [3.05, 3.63) is 35.4 Å². The molecule has 1 saturated carbocycles. The molecule has 1 fully saturated rings. The van der Waals surface area contributed by atoms with E-state index in [1.165, 1.54) is 30.4 Å². The Balaban J connectivity index is 1.94. The zero-order chi connectivity index (χ0) is 14.4. The van der Waals surface area contributed by atoms with Crippen LogP contribution in [-0.4, -0.2) is 26.3 Å². The first-order chi connectivity index (χ1) is 9.70. The van der Waals surface area contributed by atoms with Crippen molar-refractivity contribution < 1.29 is 4.74 Å². The minimum absolute atomic E-state index is 0.695. The Hall–Kier alpha value is -0.860. The summed E-state index contributed by atoms with van der Waals surface area (Å²) in [7, 11) is 1.80. The molecule has 0 aromatic heterocycles. The van der Waals surface area contributed by atoms with Gasteiger partial charge in [-0.15, -0.1) is 0 Å². The van der Waals surface area contributed by atoms with Crippen LogP contribution in [0, 0.1) is 18.8 Å². The zero-order valence-corrected chi connectivity index (χ0v) is 13.2. The third-order valence-electron chi connectivity index (χ3n) is 4.57. The van der Waals surface area contributed by atoms with Gasteiger partial charge in [-0.3, -0.25) is 0 Å². The lowest BCUT2D eigenvalue weighted by molar-refractivity contribution is 0.163. The molecule has 1 aromatic rings. The second-order valence-corrected chi connectivity index (χ2v) is 6.33. The van der Waals surface area contributed by atoms with E-state index in [4.69, 9.17) is 4.74 Å². The van der Waals surface area contributed by atoms with Crippen LogP contribution >= 0.6 is 0 Å². The van der Waals surface area contributed by atoms with E-state index in [1.54, 1.807) is 7.11 Å². The summed E-state index contributed by atoms with van der Waals surface area (Å²) in [6.07, 6.45) is 5.06. The van der Waals surface area contributed by atoms with Crippen LogP contribution in [0.25, 0.3) is 0 Å². The van der Waals surface area contributed by atoms with Crippen molar-refractivity contribution in [1.29, 1.82) is 0 Å². The molecule has 1 aliphatic rings. The van der Waals surface area contributed by atoms with Gasteiger partial charge in [-0.1, -0.05) is 31.2 Å². The van der Waals surface area contributed by atoms with Crippen LogP contribution in [0.5, 0.6) is 0 Å². The van der Waals surface area contributed by atoms with E-state index in [2.05, 4.69) is 43.4 Å². The number of rotatable bonds is 9. The summed E-state index contributed by atoms with van der Waals surface area (Å²) in [5, 5.41) is 3.71. The second-order valence-electron chi connectivity index (χ2n) is 6.33. The maximum absolute atomic E-state index is 5.25. The lowest BCUT2D eigenvalue weighted by Crippen LogP contribution is -2.30. The van der Waals surface area contributed by atoms with Crippen LogP contribution in [0.4, 0.5) is 0 Å².